The van der Waals surface area contributed by atoms with Crippen LogP contribution in [0, 0.1) is 56.7 Å². The van der Waals surface area contributed by atoms with Crippen molar-refractivity contribution in [2.24, 2.45) is 0 Å². The molecule has 1 aliphatic rings. The van der Waals surface area contributed by atoms with E-state index in [0.717, 1.165) is 64.2 Å². The lowest BCUT2D eigenvalue weighted by molar-refractivity contribution is 0.309. The molecule has 0 atom stereocenters. The lowest BCUT2D eigenvalue weighted by atomic mass is 9.96. The smallest absolute Gasteiger partial charge is 0.120 e. The van der Waals surface area contributed by atoms with Gasteiger partial charge in [0.1, 0.15) is 28.7 Å². The van der Waals surface area contributed by atoms with Crippen molar-refractivity contribution >= 4 is 58.2 Å². The highest BCUT2D eigenvalue weighted by Gasteiger charge is 2.16. The molecule has 5 aromatic rings. The fraction of sp³-hybridized carbons (Fsp3) is 0.308. The number of nitrogens with zero attached hydrogens (tertiary/aromatic N) is 5. The van der Waals surface area contributed by atoms with Crippen LogP contribution in [0.2, 0.25) is 0 Å². The van der Waals surface area contributed by atoms with Crippen molar-refractivity contribution < 1.29 is 23.7 Å². The van der Waals surface area contributed by atoms with E-state index in [0.29, 0.717) is 145 Å². The van der Waals surface area contributed by atoms with Crippen LogP contribution in [0.15, 0.2) is 91.0 Å². The Bertz CT molecular complexity index is 2700. The van der Waals surface area contributed by atoms with Crippen LogP contribution in [0.5, 0.6) is 28.7 Å². The summed E-state index contributed by atoms with van der Waals surface area (Å²) >= 11 is 0. The Morgan fingerprint density at radius 3 is 0.587 bits per heavy atom. The van der Waals surface area contributed by atoms with E-state index in [9.17, 15) is 26.3 Å². The molecule has 10 heteroatoms. The molecule has 0 spiro atoms. The summed E-state index contributed by atoms with van der Waals surface area (Å²) in [5.74, 6) is 2.66. The van der Waals surface area contributed by atoms with Crippen LogP contribution in [0.25, 0.3) is 58.2 Å². The van der Waals surface area contributed by atoms with Crippen LogP contribution in [-0.4, -0.2) is 33.0 Å². The molecular weight excluding hydrogens is 931 g/mol. The van der Waals surface area contributed by atoms with Crippen molar-refractivity contribution in [1.29, 1.82) is 26.3 Å². The Labute approximate surface area is 444 Å². The number of ether oxygens (including phenoxy) is 5. The van der Waals surface area contributed by atoms with Crippen molar-refractivity contribution in [3.05, 3.63) is 147 Å². The maximum atomic E-state index is 10.9. The van der Waals surface area contributed by atoms with Gasteiger partial charge in [0, 0.05) is 0 Å². The lowest BCUT2D eigenvalue weighted by Gasteiger charge is -2.12. The number of rotatable bonds is 20. The van der Waals surface area contributed by atoms with Crippen molar-refractivity contribution in [2.75, 3.05) is 33.0 Å². The van der Waals surface area contributed by atoms with E-state index < -0.39 is 0 Å². The quantitative estimate of drug-likeness (QED) is 0.0685. The summed E-state index contributed by atoms with van der Waals surface area (Å²) in [5.41, 5.74) is 7.49. The Morgan fingerprint density at radius 2 is 0.440 bits per heavy atom. The zero-order chi connectivity index (χ0) is 53.4. The van der Waals surface area contributed by atoms with Crippen molar-refractivity contribution in [2.45, 2.75) is 98.8 Å². The average Bonchev–Trinajstić information content (AvgIpc) is 3.41. The van der Waals surface area contributed by atoms with Gasteiger partial charge in [0.15, 0.2) is 0 Å². The number of fused-ring (bicyclic) bond motifs is 10. The fourth-order valence-corrected chi connectivity index (χ4v) is 8.13. The topological polar surface area (TPSA) is 165 Å². The van der Waals surface area contributed by atoms with Crippen LogP contribution in [0.3, 0.4) is 0 Å². The second kappa shape index (κ2) is 29.1. The highest BCUT2D eigenvalue weighted by molar-refractivity contribution is 5.98. The van der Waals surface area contributed by atoms with E-state index in [1.54, 1.807) is 30.4 Å². The molecule has 10 nitrogen and oxygen atoms in total. The molecule has 0 radical (unpaired) electrons. The number of nitriles is 5. The third kappa shape index (κ3) is 16.4. The summed E-state index contributed by atoms with van der Waals surface area (Å²) in [7, 11) is 0. The van der Waals surface area contributed by atoms with Crippen molar-refractivity contribution in [3.8, 4) is 59.1 Å². The summed E-state index contributed by atoms with van der Waals surface area (Å²) in [5, 5.41) is 54.4. The maximum absolute atomic E-state index is 10.9. The first-order chi connectivity index (χ1) is 36.7. The monoisotopic (exact) mass is 995 g/mol. The maximum Gasteiger partial charge on any atom is 0.120 e. The molecule has 6 rings (SSSR count). The molecule has 380 valence electrons. The average molecular weight is 996 g/mol. The molecule has 0 aliphatic heterocycles. The minimum absolute atomic E-state index is 0.316. The lowest BCUT2D eigenvalue weighted by Crippen LogP contribution is -1.99. The molecule has 10 bridgehead atoms. The minimum Gasteiger partial charge on any atom is -0.494 e. The van der Waals surface area contributed by atoms with Crippen molar-refractivity contribution in [1.82, 2.24) is 0 Å². The Kier molecular flexibility index (Phi) is 21.5. The number of hydrogen-bond acceptors (Lipinski definition) is 10. The first kappa shape index (κ1) is 55.6. The molecule has 0 N–H and O–H groups in total. The highest BCUT2D eigenvalue weighted by Crippen LogP contribution is 2.35. The van der Waals surface area contributed by atoms with Crippen LogP contribution in [-0.2, 0) is 0 Å². The molecule has 0 unspecified atom stereocenters. The van der Waals surface area contributed by atoms with Gasteiger partial charge in [-0.3, -0.25) is 0 Å². The molecule has 0 amide bonds. The van der Waals surface area contributed by atoms with E-state index in [-0.39, 0.29) is 0 Å². The first-order valence-electron chi connectivity index (χ1n) is 26.2. The van der Waals surface area contributed by atoms with Gasteiger partial charge in [-0.05, 0) is 209 Å². The number of allylic oxidation sites excluding steroid dienone is 5. The molecule has 75 heavy (non-hydrogen) atoms. The molecule has 0 heterocycles. The van der Waals surface area contributed by atoms with Crippen molar-refractivity contribution in [3.63, 3.8) is 0 Å². The van der Waals surface area contributed by atoms with Crippen LogP contribution in [0.1, 0.15) is 154 Å². The Morgan fingerprint density at radius 1 is 0.267 bits per heavy atom. The second-order valence-corrected chi connectivity index (χ2v) is 18.3. The predicted molar refractivity (Wildman–Crippen MR) is 302 cm³/mol. The first-order valence-corrected chi connectivity index (χ1v) is 26.2. The summed E-state index contributed by atoms with van der Waals surface area (Å²) in [6, 6.07) is 39.7. The fourth-order valence-electron chi connectivity index (χ4n) is 8.13. The summed E-state index contributed by atoms with van der Waals surface area (Å²) in [6.45, 7) is 12.7. The van der Waals surface area contributed by atoms with E-state index in [4.69, 9.17) is 23.7 Å². The molecule has 1 aliphatic carbocycles. The largest absolute Gasteiger partial charge is 0.494 e. The van der Waals surface area contributed by atoms with Gasteiger partial charge in [0.2, 0.25) is 0 Å². The van der Waals surface area contributed by atoms with Gasteiger partial charge in [0.05, 0.1) is 91.2 Å². The standard InChI is InChI=1S/C65H65N5O5/c1-6-11-16-71-61-31-46-21-51(36-61)56(41-66)27-47-22-53(38-62(32-47)72-17-12-7-2)58(43-68)29-49-24-55(40-64(34-49)74-19-14-9-4)60(45-70)30-50-25-54(39-65(35-50)75-20-15-10-5)59(44-69)28-48-23-52(57(26-46)42-67)37-63(33-48)73-18-13-8-3/h21-40H,6-20H2,1-5H3/b56-27+,57-26+,58-29+,59-28+,60-30+. The van der Waals surface area contributed by atoms with E-state index >= 15 is 0 Å². The van der Waals surface area contributed by atoms with Gasteiger partial charge in [0.25, 0.3) is 0 Å². The molecule has 0 saturated heterocycles. The van der Waals surface area contributed by atoms with E-state index in [1.807, 2.05) is 91.0 Å². The SMILES string of the molecule is CCCCOc1cc2cc(c1)/C(C#N)=C/c1cc(OCCCC)cc(c1)/C(C#N)=C/c1cc(OCCCC)cc(c1)/C(C#N)=C/c1cc(OCCCC)cc(c1)/C(C#N)=C/c1cc(OCCCC)cc(c1)/C(C#N)=C/2. The molecular formula is C65H65N5O5. The molecule has 0 aromatic heterocycles. The Balaban J connectivity index is 1.71. The van der Waals surface area contributed by atoms with Gasteiger partial charge in [-0.15, -0.1) is 0 Å². The normalized spacial score (nSPS) is 15.6. The minimum atomic E-state index is 0.316. The zero-order valence-electron chi connectivity index (χ0n) is 43.9. The Hall–Kier alpha value is -8.75. The zero-order valence-corrected chi connectivity index (χ0v) is 43.9. The number of benzene rings is 5. The van der Waals surface area contributed by atoms with E-state index in [2.05, 4.69) is 65.0 Å². The van der Waals surface area contributed by atoms with Gasteiger partial charge in [-0.25, -0.2) is 0 Å². The predicted octanol–water partition coefficient (Wildman–Crippen LogP) is 16.2. The third-order valence-corrected chi connectivity index (χ3v) is 12.2. The number of unbranched alkanes of at least 4 members (excludes halogenated alkanes) is 5. The highest BCUT2D eigenvalue weighted by atomic mass is 16.5. The molecule has 0 fully saturated rings. The third-order valence-electron chi connectivity index (χ3n) is 12.2. The van der Waals surface area contributed by atoms with Gasteiger partial charge >= 0.3 is 0 Å². The van der Waals surface area contributed by atoms with Crippen LogP contribution >= 0.6 is 0 Å². The van der Waals surface area contributed by atoms with E-state index in [1.165, 1.54) is 0 Å². The van der Waals surface area contributed by atoms with Gasteiger partial charge in [-0.2, -0.15) is 26.3 Å². The van der Waals surface area contributed by atoms with Crippen LogP contribution in [0.4, 0.5) is 0 Å². The molecule has 5 aromatic carbocycles. The summed E-state index contributed by atoms with van der Waals surface area (Å²) < 4.78 is 31.4. The summed E-state index contributed by atoms with van der Waals surface area (Å²) in [6.07, 6.45) is 17.5. The van der Waals surface area contributed by atoms with Crippen LogP contribution < -0.4 is 23.7 Å². The van der Waals surface area contributed by atoms with Gasteiger partial charge < -0.3 is 23.7 Å². The molecule has 0 saturated carbocycles. The van der Waals surface area contributed by atoms with Gasteiger partial charge in [-0.1, -0.05) is 66.7 Å². The summed E-state index contributed by atoms with van der Waals surface area (Å²) in [4.78, 5) is 0. The number of hydrogen-bond donors (Lipinski definition) is 0. The second-order valence-electron chi connectivity index (χ2n) is 18.3.